The Hall–Kier alpha value is -2.08. The summed E-state index contributed by atoms with van der Waals surface area (Å²) in [7, 11) is 0. The van der Waals surface area contributed by atoms with Crippen LogP contribution in [0.4, 0.5) is 10.3 Å². The lowest BCUT2D eigenvalue weighted by atomic mass is 10.2. The van der Waals surface area contributed by atoms with E-state index < -0.39 is 0 Å². The fourth-order valence-corrected chi connectivity index (χ4v) is 1.49. The van der Waals surface area contributed by atoms with Crippen molar-refractivity contribution in [1.82, 2.24) is 15.0 Å². The number of nitrogens with zero attached hydrogens (tertiary/aromatic N) is 3. The van der Waals surface area contributed by atoms with E-state index >= 15 is 0 Å². The summed E-state index contributed by atoms with van der Waals surface area (Å²) < 4.78 is 12.8. The molecular weight excluding hydrogens is 233 g/mol. The molecule has 0 aliphatic heterocycles. The van der Waals surface area contributed by atoms with Gasteiger partial charge in [-0.3, -0.25) is 4.98 Å². The van der Waals surface area contributed by atoms with E-state index in [2.05, 4.69) is 20.3 Å². The Morgan fingerprint density at radius 2 is 2.11 bits per heavy atom. The number of hydrogen-bond donors (Lipinski definition) is 2. The molecule has 6 heteroatoms. The zero-order chi connectivity index (χ0) is 13.0. The molecule has 94 valence electrons. The van der Waals surface area contributed by atoms with Crippen molar-refractivity contribution in [3.8, 4) is 11.4 Å². The first-order chi connectivity index (χ1) is 8.70. The quantitative estimate of drug-likeness (QED) is 0.853. The number of pyridine rings is 1. The second-order valence-corrected chi connectivity index (χ2v) is 3.80. The Kier molecular flexibility index (Phi) is 3.78. The molecule has 0 aromatic carbocycles. The Bertz CT molecular complexity index is 526. The lowest BCUT2D eigenvalue weighted by Crippen LogP contribution is -2.15. The van der Waals surface area contributed by atoms with Crippen LogP contribution < -0.4 is 11.1 Å². The van der Waals surface area contributed by atoms with Crippen LogP contribution in [0.5, 0.6) is 0 Å². The highest BCUT2D eigenvalue weighted by Crippen LogP contribution is 2.19. The van der Waals surface area contributed by atoms with Crippen molar-refractivity contribution in [1.29, 1.82) is 0 Å². The molecule has 0 unspecified atom stereocenters. The van der Waals surface area contributed by atoms with Crippen LogP contribution in [0.25, 0.3) is 11.4 Å². The fourth-order valence-electron chi connectivity index (χ4n) is 1.49. The molecule has 0 saturated carbocycles. The lowest BCUT2D eigenvalue weighted by molar-refractivity contribution is 0.622. The fraction of sp³-hybridized carbons (Fsp3) is 0.250. The number of nitrogens with two attached hydrogens (primary N) is 1. The monoisotopic (exact) mass is 247 g/mol. The van der Waals surface area contributed by atoms with Crippen LogP contribution in [0.2, 0.25) is 0 Å². The number of halogens is 1. The van der Waals surface area contributed by atoms with E-state index in [4.69, 9.17) is 5.73 Å². The van der Waals surface area contributed by atoms with Crippen molar-refractivity contribution in [2.75, 3.05) is 18.4 Å². The molecule has 0 aliphatic carbocycles. The van der Waals surface area contributed by atoms with E-state index in [9.17, 15) is 4.39 Å². The molecule has 3 N–H and O–H groups in total. The third kappa shape index (κ3) is 2.78. The summed E-state index contributed by atoms with van der Waals surface area (Å²) in [6, 6.07) is 2.95. The minimum Gasteiger partial charge on any atom is -0.353 e. The van der Waals surface area contributed by atoms with Crippen molar-refractivity contribution in [3.05, 3.63) is 35.9 Å². The zero-order valence-corrected chi connectivity index (χ0v) is 10.0. The van der Waals surface area contributed by atoms with Crippen LogP contribution in [0.1, 0.15) is 5.56 Å². The van der Waals surface area contributed by atoms with Crippen molar-refractivity contribution in [3.63, 3.8) is 0 Å². The van der Waals surface area contributed by atoms with Crippen LogP contribution in [-0.2, 0) is 0 Å². The number of rotatable bonds is 4. The molecule has 0 fully saturated rings. The molecule has 0 amide bonds. The SMILES string of the molecule is Cc1cnc(NCCN)nc1-c1ccc(F)cn1. The van der Waals surface area contributed by atoms with E-state index in [0.717, 1.165) is 5.56 Å². The molecule has 2 aromatic rings. The summed E-state index contributed by atoms with van der Waals surface area (Å²) >= 11 is 0. The predicted octanol–water partition coefficient (Wildman–Crippen LogP) is 1.36. The Morgan fingerprint density at radius 3 is 2.78 bits per heavy atom. The van der Waals surface area contributed by atoms with Crippen molar-refractivity contribution >= 4 is 5.95 Å². The van der Waals surface area contributed by atoms with E-state index in [1.807, 2.05) is 6.92 Å². The van der Waals surface area contributed by atoms with Gasteiger partial charge in [0.05, 0.1) is 17.6 Å². The molecule has 0 bridgehead atoms. The minimum absolute atomic E-state index is 0.369. The summed E-state index contributed by atoms with van der Waals surface area (Å²) in [5, 5.41) is 2.99. The van der Waals surface area contributed by atoms with Gasteiger partial charge in [0.15, 0.2) is 0 Å². The summed E-state index contributed by atoms with van der Waals surface area (Å²) in [5.74, 6) is 0.124. The van der Waals surface area contributed by atoms with Gasteiger partial charge >= 0.3 is 0 Å². The number of hydrogen-bond acceptors (Lipinski definition) is 5. The smallest absolute Gasteiger partial charge is 0.223 e. The zero-order valence-electron chi connectivity index (χ0n) is 10.0. The normalized spacial score (nSPS) is 10.4. The maximum Gasteiger partial charge on any atom is 0.223 e. The van der Waals surface area contributed by atoms with Crippen molar-refractivity contribution < 1.29 is 4.39 Å². The third-order valence-electron chi connectivity index (χ3n) is 2.37. The van der Waals surface area contributed by atoms with E-state index in [0.29, 0.717) is 30.4 Å². The lowest BCUT2D eigenvalue weighted by Gasteiger charge is -2.07. The van der Waals surface area contributed by atoms with Crippen LogP contribution in [0.15, 0.2) is 24.5 Å². The van der Waals surface area contributed by atoms with E-state index in [1.54, 1.807) is 12.3 Å². The molecule has 0 spiro atoms. The second kappa shape index (κ2) is 5.50. The maximum absolute atomic E-state index is 12.8. The number of nitrogens with one attached hydrogen (secondary N) is 1. The summed E-state index contributed by atoms with van der Waals surface area (Å²) in [6.45, 7) is 2.98. The molecule has 0 radical (unpaired) electrons. The molecule has 2 heterocycles. The van der Waals surface area contributed by atoms with Gasteiger partial charge in [-0.2, -0.15) is 0 Å². The van der Waals surface area contributed by atoms with Crippen LogP contribution in [-0.4, -0.2) is 28.0 Å². The van der Waals surface area contributed by atoms with Gasteiger partial charge in [-0.1, -0.05) is 0 Å². The molecular formula is C12H14FN5. The highest BCUT2D eigenvalue weighted by molar-refractivity contribution is 5.59. The Labute approximate surface area is 104 Å². The first-order valence-electron chi connectivity index (χ1n) is 5.60. The van der Waals surface area contributed by atoms with Crippen LogP contribution in [0.3, 0.4) is 0 Å². The van der Waals surface area contributed by atoms with Crippen LogP contribution >= 0.6 is 0 Å². The molecule has 0 aliphatic rings. The third-order valence-corrected chi connectivity index (χ3v) is 2.37. The molecule has 2 aromatic heterocycles. The molecule has 18 heavy (non-hydrogen) atoms. The average Bonchev–Trinajstić information content (AvgIpc) is 2.39. The number of aryl methyl sites for hydroxylation is 1. The largest absolute Gasteiger partial charge is 0.353 e. The first kappa shape index (κ1) is 12.4. The summed E-state index contributed by atoms with van der Waals surface area (Å²) in [6.07, 6.45) is 2.87. The van der Waals surface area contributed by atoms with E-state index in [1.165, 1.54) is 12.3 Å². The van der Waals surface area contributed by atoms with Gasteiger partial charge in [-0.15, -0.1) is 0 Å². The van der Waals surface area contributed by atoms with E-state index in [-0.39, 0.29) is 5.82 Å². The van der Waals surface area contributed by atoms with Crippen molar-refractivity contribution in [2.45, 2.75) is 6.92 Å². The number of anilines is 1. The van der Waals surface area contributed by atoms with Gasteiger partial charge in [-0.25, -0.2) is 14.4 Å². The van der Waals surface area contributed by atoms with Gasteiger partial charge < -0.3 is 11.1 Å². The molecule has 2 rings (SSSR count). The molecule has 0 atom stereocenters. The van der Waals surface area contributed by atoms with Gasteiger partial charge in [-0.05, 0) is 24.6 Å². The number of aromatic nitrogens is 3. The van der Waals surface area contributed by atoms with Gasteiger partial charge in [0.2, 0.25) is 5.95 Å². The predicted molar refractivity (Wildman–Crippen MR) is 67.5 cm³/mol. The maximum atomic E-state index is 12.8. The molecule has 5 nitrogen and oxygen atoms in total. The summed E-state index contributed by atoms with van der Waals surface area (Å²) in [5.41, 5.74) is 7.58. The minimum atomic E-state index is -0.369. The highest BCUT2D eigenvalue weighted by Gasteiger charge is 2.07. The van der Waals surface area contributed by atoms with Crippen molar-refractivity contribution in [2.24, 2.45) is 5.73 Å². The average molecular weight is 247 g/mol. The summed E-state index contributed by atoms with van der Waals surface area (Å²) in [4.78, 5) is 12.5. The Balaban J connectivity index is 2.33. The molecule has 0 saturated heterocycles. The second-order valence-electron chi connectivity index (χ2n) is 3.80. The standard InChI is InChI=1S/C12H14FN5/c1-8-6-17-12(15-5-4-14)18-11(8)10-3-2-9(13)7-16-10/h2-3,6-7H,4-5,14H2,1H3,(H,15,17,18). The van der Waals surface area contributed by atoms with Gasteiger partial charge in [0.1, 0.15) is 5.82 Å². The Morgan fingerprint density at radius 1 is 1.28 bits per heavy atom. The topological polar surface area (TPSA) is 76.7 Å². The highest BCUT2D eigenvalue weighted by atomic mass is 19.1. The first-order valence-corrected chi connectivity index (χ1v) is 5.60. The van der Waals surface area contributed by atoms with Crippen LogP contribution in [0, 0.1) is 12.7 Å². The van der Waals surface area contributed by atoms with Gasteiger partial charge in [0, 0.05) is 19.3 Å². The van der Waals surface area contributed by atoms with Gasteiger partial charge in [0.25, 0.3) is 0 Å².